The number of piperidine rings is 1. The van der Waals surface area contributed by atoms with Gasteiger partial charge in [-0.1, -0.05) is 18.2 Å². The molecule has 2 bridgehead atoms. The SMILES string of the molecule is CNC(=O)CCC(=O)NCCN1C2CCC1[C@@H](C(=O)OC)C(OP(=O)(O)c1ccccc1)C2. The molecule has 33 heavy (non-hydrogen) atoms. The Hall–Kier alpha value is -2.26. The lowest BCUT2D eigenvalue weighted by Gasteiger charge is -2.43. The molecule has 1 aromatic rings. The molecular formula is C22H32N3O7P. The van der Waals surface area contributed by atoms with E-state index in [9.17, 15) is 23.8 Å². The van der Waals surface area contributed by atoms with E-state index in [1.165, 1.54) is 26.3 Å². The van der Waals surface area contributed by atoms with Crippen LogP contribution in [0.15, 0.2) is 30.3 Å². The summed E-state index contributed by atoms with van der Waals surface area (Å²) in [6, 6.07) is 7.99. The van der Waals surface area contributed by atoms with Crippen molar-refractivity contribution in [1.82, 2.24) is 15.5 Å². The standard InChI is InChI=1S/C22H32N3O7P/c1-23-19(26)10-11-20(27)24-12-13-25-15-8-9-17(25)21(22(28)31-2)18(14-15)32-33(29,30)16-6-4-3-5-7-16/h3-7,15,17-18,21H,8-14H2,1-2H3,(H,23,26)(H,24,27)(H,29,30)/t15?,17?,18?,21-/m1/s1. The Balaban J connectivity index is 1.64. The quantitative estimate of drug-likeness (QED) is 0.326. The van der Waals surface area contributed by atoms with Crippen molar-refractivity contribution >= 4 is 30.7 Å². The first kappa shape index (κ1) is 25.4. The molecule has 0 saturated carbocycles. The van der Waals surface area contributed by atoms with Gasteiger partial charge in [-0.2, -0.15) is 0 Å². The Morgan fingerprint density at radius 1 is 1.15 bits per heavy atom. The average Bonchev–Trinajstić information content (AvgIpc) is 3.09. The summed E-state index contributed by atoms with van der Waals surface area (Å²) in [7, 11) is -1.29. The minimum absolute atomic E-state index is 0.0689. The Morgan fingerprint density at radius 3 is 2.52 bits per heavy atom. The molecule has 2 saturated heterocycles. The minimum atomic E-state index is -4.11. The Morgan fingerprint density at radius 2 is 1.85 bits per heavy atom. The van der Waals surface area contributed by atoms with E-state index in [0.29, 0.717) is 19.5 Å². The first-order valence-electron chi connectivity index (χ1n) is 11.1. The van der Waals surface area contributed by atoms with Gasteiger partial charge < -0.3 is 24.8 Å². The van der Waals surface area contributed by atoms with Gasteiger partial charge in [0.1, 0.15) is 0 Å². The van der Waals surface area contributed by atoms with Gasteiger partial charge >= 0.3 is 13.6 Å². The fourth-order valence-electron chi connectivity index (χ4n) is 4.79. The van der Waals surface area contributed by atoms with Gasteiger partial charge in [0.2, 0.25) is 11.8 Å². The summed E-state index contributed by atoms with van der Waals surface area (Å²) in [6.07, 6.45) is 1.46. The van der Waals surface area contributed by atoms with Gasteiger partial charge in [0.05, 0.1) is 24.4 Å². The van der Waals surface area contributed by atoms with E-state index < -0.39 is 25.6 Å². The van der Waals surface area contributed by atoms with E-state index in [1.807, 2.05) is 0 Å². The molecule has 3 rings (SSSR count). The third-order valence-electron chi connectivity index (χ3n) is 6.39. The third kappa shape index (κ3) is 6.20. The number of hydrogen-bond acceptors (Lipinski definition) is 7. The zero-order chi connectivity index (χ0) is 24.0. The number of ether oxygens (including phenoxy) is 1. The predicted molar refractivity (Wildman–Crippen MR) is 121 cm³/mol. The summed E-state index contributed by atoms with van der Waals surface area (Å²) in [5, 5.41) is 5.48. The molecule has 10 nitrogen and oxygen atoms in total. The molecule has 2 fully saturated rings. The van der Waals surface area contributed by atoms with E-state index in [2.05, 4.69) is 15.5 Å². The summed E-state index contributed by atoms with van der Waals surface area (Å²) in [5.41, 5.74) is 0. The highest BCUT2D eigenvalue weighted by molar-refractivity contribution is 7.61. The van der Waals surface area contributed by atoms with Gasteiger partial charge in [-0.05, 0) is 31.4 Å². The normalized spacial score (nSPS) is 26.3. The maximum Gasteiger partial charge on any atom is 0.359 e. The van der Waals surface area contributed by atoms with Crippen LogP contribution in [0.1, 0.15) is 32.1 Å². The van der Waals surface area contributed by atoms with E-state index in [-0.39, 0.29) is 42.0 Å². The van der Waals surface area contributed by atoms with Crippen molar-refractivity contribution in [3.8, 4) is 0 Å². The molecule has 1 aromatic carbocycles. The smallest absolute Gasteiger partial charge is 0.359 e. The van der Waals surface area contributed by atoms with Crippen molar-refractivity contribution < 1.29 is 33.1 Å². The van der Waals surface area contributed by atoms with Gasteiger partial charge in [0, 0.05) is 45.1 Å². The second-order valence-corrected chi connectivity index (χ2v) is 10.1. The molecular weight excluding hydrogens is 449 g/mol. The maximum atomic E-state index is 12.9. The van der Waals surface area contributed by atoms with Crippen molar-refractivity contribution in [2.24, 2.45) is 5.92 Å². The van der Waals surface area contributed by atoms with Crippen LogP contribution in [-0.2, 0) is 28.2 Å². The van der Waals surface area contributed by atoms with Gasteiger partial charge in [-0.3, -0.25) is 23.8 Å². The van der Waals surface area contributed by atoms with Crippen LogP contribution in [0.5, 0.6) is 0 Å². The van der Waals surface area contributed by atoms with Gasteiger partial charge in [0.15, 0.2) is 0 Å². The lowest BCUT2D eigenvalue weighted by atomic mass is 9.87. The third-order valence-corrected chi connectivity index (χ3v) is 7.90. The van der Waals surface area contributed by atoms with Gasteiger partial charge in [-0.15, -0.1) is 0 Å². The molecule has 2 aliphatic rings. The van der Waals surface area contributed by atoms with Crippen LogP contribution in [-0.4, -0.2) is 73.0 Å². The van der Waals surface area contributed by atoms with Crippen LogP contribution in [0.25, 0.3) is 0 Å². The van der Waals surface area contributed by atoms with E-state index >= 15 is 0 Å². The summed E-state index contributed by atoms with van der Waals surface area (Å²) >= 11 is 0. The number of fused-ring (bicyclic) bond motifs is 2. The van der Waals surface area contributed by atoms with Crippen LogP contribution in [0.3, 0.4) is 0 Å². The molecule has 182 valence electrons. The molecule has 2 aliphatic heterocycles. The summed E-state index contributed by atoms with van der Waals surface area (Å²) in [4.78, 5) is 48.7. The number of carbonyl (C=O) groups is 3. The maximum absolute atomic E-state index is 12.9. The summed E-state index contributed by atoms with van der Waals surface area (Å²) in [5.74, 6) is -1.58. The van der Waals surface area contributed by atoms with E-state index in [1.54, 1.807) is 18.2 Å². The van der Waals surface area contributed by atoms with Gasteiger partial charge in [-0.25, -0.2) is 0 Å². The first-order chi connectivity index (χ1) is 15.8. The number of carbonyl (C=O) groups excluding carboxylic acids is 3. The number of amides is 2. The second kappa shape index (κ2) is 11.2. The van der Waals surface area contributed by atoms with Crippen molar-refractivity contribution in [3.63, 3.8) is 0 Å². The zero-order valence-corrected chi connectivity index (χ0v) is 19.8. The molecule has 2 amide bonds. The number of methoxy groups -OCH3 is 1. The molecule has 11 heteroatoms. The van der Waals surface area contributed by atoms with Crippen LogP contribution < -0.4 is 15.9 Å². The monoisotopic (exact) mass is 481 g/mol. The Bertz CT molecular complexity index is 897. The largest absolute Gasteiger partial charge is 0.469 e. The van der Waals surface area contributed by atoms with Crippen molar-refractivity contribution in [3.05, 3.63) is 30.3 Å². The number of nitrogens with zero attached hydrogens (tertiary/aromatic N) is 1. The molecule has 0 radical (unpaired) electrons. The predicted octanol–water partition coefficient (Wildman–Crippen LogP) is 0.551. The number of rotatable bonds is 10. The van der Waals surface area contributed by atoms with Crippen molar-refractivity contribution in [2.75, 3.05) is 27.2 Å². The molecule has 4 unspecified atom stereocenters. The number of esters is 1. The fraction of sp³-hybridized carbons (Fsp3) is 0.591. The molecule has 3 N–H and O–H groups in total. The second-order valence-electron chi connectivity index (χ2n) is 8.34. The lowest BCUT2D eigenvalue weighted by Crippen LogP contribution is -2.56. The molecule has 0 spiro atoms. The number of benzene rings is 1. The highest BCUT2D eigenvalue weighted by Gasteiger charge is 2.52. The summed E-state index contributed by atoms with van der Waals surface area (Å²) in [6.45, 7) is 0.901. The summed E-state index contributed by atoms with van der Waals surface area (Å²) < 4.78 is 23.7. The van der Waals surface area contributed by atoms with E-state index in [4.69, 9.17) is 9.26 Å². The van der Waals surface area contributed by atoms with Crippen LogP contribution in [0.4, 0.5) is 0 Å². The van der Waals surface area contributed by atoms with Crippen LogP contribution in [0.2, 0.25) is 0 Å². The van der Waals surface area contributed by atoms with E-state index in [0.717, 1.165) is 12.8 Å². The highest BCUT2D eigenvalue weighted by Crippen LogP contribution is 2.49. The van der Waals surface area contributed by atoms with Crippen LogP contribution >= 0.6 is 7.60 Å². The highest BCUT2D eigenvalue weighted by atomic mass is 31.2. The van der Waals surface area contributed by atoms with Gasteiger partial charge in [0.25, 0.3) is 0 Å². The number of hydrogen-bond donors (Lipinski definition) is 3. The average molecular weight is 481 g/mol. The van der Waals surface area contributed by atoms with Crippen molar-refractivity contribution in [1.29, 1.82) is 0 Å². The molecule has 5 atom stereocenters. The van der Waals surface area contributed by atoms with Crippen molar-refractivity contribution in [2.45, 2.75) is 50.3 Å². The fourth-order valence-corrected chi connectivity index (χ4v) is 6.05. The lowest BCUT2D eigenvalue weighted by molar-refractivity contribution is -0.155. The minimum Gasteiger partial charge on any atom is -0.469 e. The first-order valence-corrected chi connectivity index (χ1v) is 12.7. The molecule has 0 aromatic heterocycles. The Kier molecular flexibility index (Phi) is 8.64. The zero-order valence-electron chi connectivity index (χ0n) is 18.9. The Labute approximate surface area is 193 Å². The van der Waals surface area contributed by atoms with Crippen LogP contribution in [0, 0.1) is 5.92 Å². The molecule has 2 heterocycles. The topological polar surface area (TPSA) is 134 Å². The number of nitrogens with one attached hydrogen (secondary N) is 2. The molecule has 0 aliphatic carbocycles.